The highest BCUT2D eigenvalue weighted by Gasteiger charge is 2.27. The fraction of sp³-hybridized carbons (Fsp3) is 0.229. The average Bonchev–Trinajstić information content (AvgIpc) is 3.65. The number of benzene rings is 5. The van der Waals surface area contributed by atoms with Crippen LogP contribution in [-0.4, -0.2) is 89.5 Å². The molecular weight excluding hydrogens is 839 g/mol. The van der Waals surface area contributed by atoms with Crippen LogP contribution in [0.15, 0.2) is 137 Å². The van der Waals surface area contributed by atoms with Gasteiger partial charge in [-0.1, -0.05) is 72.8 Å². The van der Waals surface area contributed by atoms with Gasteiger partial charge in [-0.3, -0.25) is 14.9 Å². The van der Waals surface area contributed by atoms with Crippen molar-refractivity contribution in [3.05, 3.63) is 160 Å². The minimum absolute atomic E-state index is 0.0717. The second-order valence-corrected chi connectivity index (χ2v) is 18.6. The molecule has 2 heterocycles. The third kappa shape index (κ3) is 10.6. The zero-order valence-corrected chi connectivity index (χ0v) is 36.7. The second kappa shape index (κ2) is 19.7. The van der Waals surface area contributed by atoms with Gasteiger partial charge in [-0.25, -0.2) is 17.7 Å². The largest absolute Gasteiger partial charge is 0.493 e. The molecule has 5 aromatic carbocycles. The zero-order chi connectivity index (χ0) is 44.7. The maximum atomic E-state index is 13.6. The number of ketones is 1. The standard InChI is InChI=1S/C48H47N5O8S2/c1-32-28-34(45(54)31-63(59,60)37-22-24-41(44(29-37)53(57)58)49-35(25-26-51(2)3)30-62-36-14-5-4-6-15-36)21-23-38(32)42-18-10-19-43-40(47(48(55)56)50-52(42)43)17-11-27-61-46-20-9-13-33-12-7-8-16-39(33)46/h4-10,12-16,18-24,28-29,35,49H,11,17,25-27,30-31H2,1-3H3,(H,55,56)/t35-/m0/s1. The van der Waals surface area contributed by atoms with Crippen LogP contribution in [0.5, 0.6) is 5.75 Å². The highest BCUT2D eigenvalue weighted by Crippen LogP contribution is 2.32. The Morgan fingerprint density at radius 1 is 0.937 bits per heavy atom. The van der Waals surface area contributed by atoms with E-state index in [0.717, 1.165) is 34.0 Å². The summed E-state index contributed by atoms with van der Waals surface area (Å²) in [5, 5.41) is 32.3. The molecule has 2 N–H and O–H groups in total. The number of hydrogen-bond acceptors (Lipinski definition) is 11. The zero-order valence-electron chi connectivity index (χ0n) is 35.1. The maximum Gasteiger partial charge on any atom is 0.356 e. The molecule has 0 saturated heterocycles. The first kappa shape index (κ1) is 44.5. The molecule has 0 amide bonds. The van der Waals surface area contributed by atoms with Crippen LogP contribution in [0.1, 0.15) is 44.8 Å². The van der Waals surface area contributed by atoms with E-state index in [0.29, 0.717) is 59.5 Å². The fourth-order valence-electron chi connectivity index (χ4n) is 7.48. The number of aromatic nitrogens is 2. The van der Waals surface area contributed by atoms with Gasteiger partial charge in [0, 0.05) is 44.8 Å². The smallest absolute Gasteiger partial charge is 0.356 e. The van der Waals surface area contributed by atoms with E-state index in [1.165, 1.54) is 18.2 Å². The van der Waals surface area contributed by atoms with Gasteiger partial charge >= 0.3 is 5.97 Å². The number of aromatic carboxylic acids is 1. The fourth-order valence-corrected chi connectivity index (χ4v) is 9.72. The predicted molar refractivity (Wildman–Crippen MR) is 247 cm³/mol. The first-order valence-corrected chi connectivity index (χ1v) is 23.0. The van der Waals surface area contributed by atoms with Crippen LogP contribution in [0.25, 0.3) is 27.5 Å². The number of aryl methyl sites for hydroxylation is 2. The van der Waals surface area contributed by atoms with Crippen LogP contribution >= 0.6 is 11.8 Å². The van der Waals surface area contributed by atoms with Crippen molar-refractivity contribution in [2.45, 2.75) is 42.0 Å². The monoisotopic (exact) mass is 885 g/mol. The number of carboxylic acid groups (broad SMARTS) is 1. The molecule has 13 nitrogen and oxygen atoms in total. The number of carbonyl (C=O) groups excluding carboxylic acids is 1. The Balaban J connectivity index is 1.06. The number of anilines is 1. The molecule has 0 aliphatic carbocycles. The lowest BCUT2D eigenvalue weighted by Crippen LogP contribution is -2.28. The lowest BCUT2D eigenvalue weighted by molar-refractivity contribution is -0.384. The number of carbonyl (C=O) groups is 2. The number of thioether (sulfide) groups is 1. The van der Waals surface area contributed by atoms with E-state index in [1.54, 1.807) is 41.4 Å². The summed E-state index contributed by atoms with van der Waals surface area (Å²) in [4.78, 5) is 40.4. The molecule has 0 saturated carbocycles. The Morgan fingerprint density at radius 3 is 2.43 bits per heavy atom. The summed E-state index contributed by atoms with van der Waals surface area (Å²) in [6.45, 7) is 2.86. The van der Waals surface area contributed by atoms with Gasteiger partial charge in [0.2, 0.25) is 0 Å². The van der Waals surface area contributed by atoms with Crippen LogP contribution in [0.4, 0.5) is 11.4 Å². The number of ether oxygens (including phenoxy) is 1. The van der Waals surface area contributed by atoms with Crippen LogP contribution in [0.3, 0.4) is 0 Å². The van der Waals surface area contributed by atoms with Gasteiger partial charge in [0.1, 0.15) is 17.2 Å². The van der Waals surface area contributed by atoms with Crippen molar-refractivity contribution in [2.75, 3.05) is 44.1 Å². The van der Waals surface area contributed by atoms with Crippen molar-refractivity contribution in [3.8, 4) is 17.0 Å². The Hall–Kier alpha value is -6.55. The highest BCUT2D eigenvalue weighted by atomic mass is 32.2. The van der Waals surface area contributed by atoms with Gasteiger partial charge in [0.25, 0.3) is 5.69 Å². The predicted octanol–water partition coefficient (Wildman–Crippen LogP) is 9.26. The Morgan fingerprint density at radius 2 is 1.68 bits per heavy atom. The molecule has 2 aromatic heterocycles. The van der Waals surface area contributed by atoms with Crippen LogP contribution < -0.4 is 10.1 Å². The lowest BCUT2D eigenvalue weighted by atomic mass is 10.00. The lowest BCUT2D eigenvalue weighted by Gasteiger charge is -2.22. The van der Waals surface area contributed by atoms with E-state index in [4.69, 9.17) is 4.74 Å². The number of nitrogens with one attached hydrogen (secondary N) is 1. The average molecular weight is 886 g/mol. The Bertz CT molecular complexity index is 2910. The quantitative estimate of drug-likeness (QED) is 0.0245. The first-order chi connectivity index (χ1) is 30.3. The number of hydrogen-bond donors (Lipinski definition) is 2. The Kier molecular flexibility index (Phi) is 13.9. The number of pyridine rings is 1. The number of sulfone groups is 1. The molecule has 0 aliphatic heterocycles. The molecule has 324 valence electrons. The molecule has 63 heavy (non-hydrogen) atoms. The van der Waals surface area contributed by atoms with Crippen LogP contribution in [0, 0.1) is 17.0 Å². The van der Waals surface area contributed by atoms with Gasteiger partial charge in [-0.05, 0) is 106 Å². The number of nitro groups is 1. The molecule has 0 aliphatic rings. The molecule has 7 aromatic rings. The molecule has 7 rings (SSSR count). The molecule has 0 unspecified atom stereocenters. The number of Topliss-reactive ketones (excluding diaryl/α,β-unsaturated/α-hetero) is 1. The molecule has 0 spiro atoms. The first-order valence-electron chi connectivity index (χ1n) is 20.4. The molecular formula is C48H47N5O8S2. The molecule has 15 heteroatoms. The normalized spacial score (nSPS) is 12.1. The van der Waals surface area contributed by atoms with Crippen molar-refractivity contribution in [1.29, 1.82) is 0 Å². The minimum Gasteiger partial charge on any atom is -0.493 e. The van der Waals surface area contributed by atoms with Crippen molar-refractivity contribution in [3.63, 3.8) is 0 Å². The number of nitrogens with zero attached hydrogens (tertiary/aromatic N) is 4. The molecule has 0 radical (unpaired) electrons. The van der Waals surface area contributed by atoms with Crippen molar-refractivity contribution < 1.29 is 32.8 Å². The van der Waals surface area contributed by atoms with Gasteiger partial charge in [-0.2, -0.15) is 5.10 Å². The van der Waals surface area contributed by atoms with E-state index in [-0.39, 0.29) is 27.9 Å². The topological polar surface area (TPSA) is 173 Å². The summed E-state index contributed by atoms with van der Waals surface area (Å²) >= 11 is 1.62. The summed E-state index contributed by atoms with van der Waals surface area (Å²) in [6.07, 6.45) is 1.61. The van der Waals surface area contributed by atoms with Crippen molar-refractivity contribution in [1.82, 2.24) is 14.5 Å². The van der Waals surface area contributed by atoms with Crippen LogP contribution in [0.2, 0.25) is 0 Å². The van der Waals surface area contributed by atoms with E-state index in [2.05, 4.69) is 10.4 Å². The third-order valence-electron chi connectivity index (χ3n) is 10.7. The number of rotatable bonds is 20. The highest BCUT2D eigenvalue weighted by molar-refractivity contribution is 7.99. The van der Waals surface area contributed by atoms with E-state index in [1.807, 2.05) is 104 Å². The summed E-state index contributed by atoms with van der Waals surface area (Å²) in [5.74, 6) is -1.38. The number of nitro benzene ring substituents is 1. The van der Waals surface area contributed by atoms with E-state index in [9.17, 15) is 33.2 Å². The molecule has 0 fully saturated rings. The summed E-state index contributed by atoms with van der Waals surface area (Å²) < 4.78 is 35.0. The van der Waals surface area contributed by atoms with Gasteiger partial charge < -0.3 is 20.1 Å². The number of carboxylic acids is 1. The summed E-state index contributed by atoms with van der Waals surface area (Å²) in [7, 11) is -0.403. The maximum absolute atomic E-state index is 13.6. The third-order valence-corrected chi connectivity index (χ3v) is 13.5. The Labute approximate surface area is 369 Å². The van der Waals surface area contributed by atoms with Crippen molar-refractivity contribution in [2.24, 2.45) is 0 Å². The minimum atomic E-state index is -4.30. The summed E-state index contributed by atoms with van der Waals surface area (Å²) in [5.41, 5.74) is 2.91. The number of fused-ring (bicyclic) bond motifs is 2. The van der Waals surface area contributed by atoms with Gasteiger partial charge in [-0.15, -0.1) is 11.8 Å². The second-order valence-electron chi connectivity index (χ2n) is 15.5. The summed E-state index contributed by atoms with van der Waals surface area (Å²) in [6, 6.07) is 37.3. The van der Waals surface area contributed by atoms with Crippen LogP contribution in [-0.2, 0) is 16.3 Å². The van der Waals surface area contributed by atoms with Crippen molar-refractivity contribution >= 4 is 61.0 Å². The molecule has 0 bridgehead atoms. The van der Waals surface area contributed by atoms with Gasteiger partial charge in [0.05, 0.1) is 27.6 Å². The SMILES string of the molecule is Cc1cc(C(=O)CS(=O)(=O)c2ccc(N[C@@H](CCN(C)C)CSc3ccccc3)c([N+](=O)[O-])c2)ccc1-c1cccc2c(CCCOc3cccc4ccccc34)c(C(=O)O)nn12. The molecule has 1 atom stereocenters. The van der Waals surface area contributed by atoms with E-state index >= 15 is 0 Å². The van der Waals surface area contributed by atoms with Gasteiger partial charge in [0.15, 0.2) is 21.3 Å². The van der Waals surface area contributed by atoms with E-state index < -0.39 is 38.0 Å².